The number of ketones is 1. The molecule has 0 bridgehead atoms. The fraction of sp³-hybridized carbons (Fsp3) is 0.357. The van der Waals surface area contributed by atoms with Crippen molar-refractivity contribution in [1.29, 1.82) is 0 Å². The van der Waals surface area contributed by atoms with Crippen LogP contribution in [0.3, 0.4) is 0 Å². The van der Waals surface area contributed by atoms with Crippen LogP contribution in [0.2, 0.25) is 0 Å². The highest BCUT2D eigenvalue weighted by Crippen LogP contribution is 2.20. The predicted molar refractivity (Wildman–Crippen MR) is 78.5 cm³/mol. The third kappa shape index (κ3) is 3.39. The van der Waals surface area contributed by atoms with E-state index in [2.05, 4.69) is 24.0 Å². The van der Waals surface area contributed by atoms with Gasteiger partial charge in [0.2, 0.25) is 0 Å². The Labute approximate surface area is 122 Å². The highest BCUT2D eigenvalue weighted by Gasteiger charge is 2.12. The first-order valence-electron chi connectivity index (χ1n) is 6.31. The largest absolute Gasteiger partial charge is 0.497 e. The summed E-state index contributed by atoms with van der Waals surface area (Å²) in [5.41, 5.74) is 0.675. The molecule has 1 aromatic heterocycles. The molecule has 0 fully saturated rings. The van der Waals surface area contributed by atoms with E-state index in [-0.39, 0.29) is 11.8 Å². The van der Waals surface area contributed by atoms with Crippen molar-refractivity contribution in [2.45, 2.75) is 25.0 Å². The standard InChI is InChI=1S/C14H17N3O2S/c1-10(2)17-9-15-16-14(17)20-8-13(18)11-4-6-12(19-3)7-5-11/h4-7,9-10H,8H2,1-3H3. The number of benzene rings is 1. The van der Waals surface area contributed by atoms with E-state index < -0.39 is 0 Å². The van der Waals surface area contributed by atoms with Crippen LogP contribution in [-0.4, -0.2) is 33.4 Å². The lowest BCUT2D eigenvalue weighted by Crippen LogP contribution is -2.05. The summed E-state index contributed by atoms with van der Waals surface area (Å²) in [6.07, 6.45) is 1.69. The van der Waals surface area contributed by atoms with Crippen molar-refractivity contribution in [2.24, 2.45) is 0 Å². The molecule has 1 aromatic carbocycles. The average Bonchev–Trinajstić information content (AvgIpc) is 2.93. The highest BCUT2D eigenvalue weighted by atomic mass is 32.2. The minimum atomic E-state index is 0.0657. The molecule has 0 N–H and O–H groups in total. The number of rotatable bonds is 6. The summed E-state index contributed by atoms with van der Waals surface area (Å²) in [6, 6.07) is 7.40. The zero-order chi connectivity index (χ0) is 14.5. The van der Waals surface area contributed by atoms with E-state index in [0.29, 0.717) is 11.3 Å². The Morgan fingerprint density at radius 3 is 2.65 bits per heavy atom. The Morgan fingerprint density at radius 1 is 1.35 bits per heavy atom. The number of methoxy groups -OCH3 is 1. The van der Waals surface area contributed by atoms with Crippen molar-refractivity contribution in [1.82, 2.24) is 14.8 Å². The molecule has 0 aliphatic rings. The van der Waals surface area contributed by atoms with Crippen LogP contribution < -0.4 is 4.74 Å². The fourth-order valence-electron chi connectivity index (χ4n) is 1.68. The maximum absolute atomic E-state index is 12.1. The fourth-order valence-corrected chi connectivity index (χ4v) is 2.62. The molecule has 0 aliphatic heterocycles. The SMILES string of the molecule is COc1ccc(C(=O)CSc2nncn2C(C)C)cc1. The van der Waals surface area contributed by atoms with Crippen LogP contribution >= 0.6 is 11.8 Å². The normalized spacial score (nSPS) is 10.8. The third-order valence-electron chi connectivity index (χ3n) is 2.84. The number of hydrogen-bond donors (Lipinski definition) is 0. The molecule has 1 heterocycles. The summed E-state index contributed by atoms with van der Waals surface area (Å²) in [5, 5.41) is 8.68. The number of Topliss-reactive ketones (excluding diaryl/α,β-unsaturated/α-hetero) is 1. The Bertz CT molecular complexity index is 578. The molecule has 0 saturated carbocycles. The van der Waals surface area contributed by atoms with E-state index in [1.807, 2.05) is 4.57 Å². The molecular formula is C14H17N3O2S. The van der Waals surface area contributed by atoms with Gasteiger partial charge in [-0.2, -0.15) is 0 Å². The van der Waals surface area contributed by atoms with Crippen LogP contribution in [0.25, 0.3) is 0 Å². The Hall–Kier alpha value is -1.82. The van der Waals surface area contributed by atoms with Crippen LogP contribution in [0, 0.1) is 0 Å². The first-order chi connectivity index (χ1) is 9.61. The zero-order valence-electron chi connectivity index (χ0n) is 11.7. The van der Waals surface area contributed by atoms with E-state index in [4.69, 9.17) is 4.74 Å². The van der Waals surface area contributed by atoms with Gasteiger partial charge in [-0.05, 0) is 38.1 Å². The van der Waals surface area contributed by atoms with Gasteiger partial charge in [-0.1, -0.05) is 11.8 Å². The minimum absolute atomic E-state index is 0.0657. The van der Waals surface area contributed by atoms with Crippen LogP contribution in [0.1, 0.15) is 30.2 Å². The van der Waals surface area contributed by atoms with Gasteiger partial charge in [0.05, 0.1) is 12.9 Å². The van der Waals surface area contributed by atoms with E-state index in [1.165, 1.54) is 11.8 Å². The van der Waals surface area contributed by atoms with Crippen molar-refractivity contribution in [2.75, 3.05) is 12.9 Å². The first-order valence-corrected chi connectivity index (χ1v) is 7.30. The smallest absolute Gasteiger partial charge is 0.191 e. The van der Waals surface area contributed by atoms with Gasteiger partial charge in [0.1, 0.15) is 12.1 Å². The van der Waals surface area contributed by atoms with Gasteiger partial charge in [-0.3, -0.25) is 4.79 Å². The molecule has 0 radical (unpaired) electrons. The second-order valence-corrected chi connectivity index (χ2v) is 5.50. The van der Waals surface area contributed by atoms with Crippen LogP contribution in [-0.2, 0) is 0 Å². The minimum Gasteiger partial charge on any atom is -0.497 e. The number of thioether (sulfide) groups is 1. The summed E-state index contributed by atoms with van der Waals surface area (Å²) < 4.78 is 7.02. The Balaban J connectivity index is 1.99. The van der Waals surface area contributed by atoms with Crippen molar-refractivity contribution < 1.29 is 9.53 Å². The van der Waals surface area contributed by atoms with Crippen LogP contribution in [0.4, 0.5) is 0 Å². The molecule has 0 aliphatic carbocycles. The molecule has 0 saturated heterocycles. The van der Waals surface area contributed by atoms with Gasteiger partial charge >= 0.3 is 0 Å². The molecule has 5 nitrogen and oxygen atoms in total. The predicted octanol–water partition coefficient (Wildman–Crippen LogP) is 2.84. The lowest BCUT2D eigenvalue weighted by molar-refractivity contribution is 0.102. The van der Waals surface area contributed by atoms with Gasteiger partial charge in [0.15, 0.2) is 10.9 Å². The average molecular weight is 291 g/mol. The maximum Gasteiger partial charge on any atom is 0.191 e. The molecule has 20 heavy (non-hydrogen) atoms. The van der Waals surface area contributed by atoms with Crippen LogP contribution in [0.5, 0.6) is 5.75 Å². The van der Waals surface area contributed by atoms with Gasteiger partial charge in [-0.15, -0.1) is 10.2 Å². The van der Waals surface area contributed by atoms with Crippen molar-refractivity contribution in [3.8, 4) is 5.75 Å². The molecule has 0 amide bonds. The lowest BCUT2D eigenvalue weighted by atomic mass is 10.1. The van der Waals surface area contributed by atoms with Gasteiger partial charge in [-0.25, -0.2) is 0 Å². The first kappa shape index (κ1) is 14.6. The van der Waals surface area contributed by atoms with Gasteiger partial charge in [0, 0.05) is 11.6 Å². The van der Waals surface area contributed by atoms with Crippen molar-refractivity contribution >= 4 is 17.5 Å². The summed E-state index contributed by atoms with van der Waals surface area (Å²) in [6.45, 7) is 4.11. The zero-order valence-corrected chi connectivity index (χ0v) is 12.6. The molecule has 0 atom stereocenters. The van der Waals surface area contributed by atoms with Gasteiger partial charge in [0.25, 0.3) is 0 Å². The number of hydrogen-bond acceptors (Lipinski definition) is 5. The van der Waals surface area contributed by atoms with Crippen molar-refractivity contribution in [3.63, 3.8) is 0 Å². The molecule has 0 spiro atoms. The molecule has 106 valence electrons. The third-order valence-corrected chi connectivity index (χ3v) is 3.80. The summed E-state index contributed by atoms with van der Waals surface area (Å²) >= 11 is 1.40. The summed E-state index contributed by atoms with van der Waals surface area (Å²) in [4.78, 5) is 12.1. The topological polar surface area (TPSA) is 57.0 Å². The van der Waals surface area contributed by atoms with Gasteiger partial charge < -0.3 is 9.30 Å². The van der Waals surface area contributed by atoms with Crippen molar-refractivity contribution in [3.05, 3.63) is 36.2 Å². The second-order valence-electron chi connectivity index (χ2n) is 4.55. The monoisotopic (exact) mass is 291 g/mol. The highest BCUT2D eigenvalue weighted by molar-refractivity contribution is 7.99. The molecule has 2 aromatic rings. The molecule has 6 heteroatoms. The summed E-state index contributed by atoms with van der Waals surface area (Å²) in [5.74, 6) is 1.15. The molecule has 2 rings (SSSR count). The Kier molecular flexibility index (Phi) is 4.79. The number of ether oxygens (including phenoxy) is 1. The quantitative estimate of drug-likeness (QED) is 0.605. The van der Waals surface area contributed by atoms with E-state index >= 15 is 0 Å². The Morgan fingerprint density at radius 2 is 2.05 bits per heavy atom. The maximum atomic E-state index is 12.1. The second kappa shape index (κ2) is 6.56. The number of carbonyl (C=O) groups is 1. The summed E-state index contributed by atoms with van der Waals surface area (Å²) in [7, 11) is 1.60. The lowest BCUT2D eigenvalue weighted by Gasteiger charge is -2.09. The number of carbonyl (C=O) groups excluding carboxylic acids is 1. The molecular weight excluding hydrogens is 274 g/mol. The number of aromatic nitrogens is 3. The van der Waals surface area contributed by atoms with E-state index in [1.54, 1.807) is 37.7 Å². The molecule has 0 unspecified atom stereocenters. The van der Waals surface area contributed by atoms with E-state index in [0.717, 1.165) is 10.9 Å². The van der Waals surface area contributed by atoms with E-state index in [9.17, 15) is 4.79 Å². The number of nitrogens with zero attached hydrogens (tertiary/aromatic N) is 3. The van der Waals surface area contributed by atoms with Crippen LogP contribution in [0.15, 0.2) is 35.7 Å².